The second kappa shape index (κ2) is 12.3. The summed E-state index contributed by atoms with van der Waals surface area (Å²) in [6, 6.07) is 21.3. The maximum Gasteiger partial charge on any atom is 0.257 e. The number of likely N-dealkylation sites (N-methyl/N-ethyl adjacent to an activating group) is 1. The maximum absolute atomic E-state index is 13.2. The number of amides is 1. The number of rotatable bonds is 10. The van der Waals surface area contributed by atoms with Gasteiger partial charge in [-0.25, -0.2) is 0 Å². The van der Waals surface area contributed by atoms with Crippen LogP contribution in [0.4, 0.5) is 0 Å². The van der Waals surface area contributed by atoms with Crippen molar-refractivity contribution in [1.29, 1.82) is 0 Å². The Balaban J connectivity index is 1.36. The SMILES string of the molecule is CN(COC[n+]1cccc(C(=O)NCCc2ccccc2)c1)C1(c2ccccc2Cl)CCCCC1=O. The highest BCUT2D eigenvalue weighted by molar-refractivity contribution is 6.31. The summed E-state index contributed by atoms with van der Waals surface area (Å²) in [7, 11) is 1.91. The Bertz CT molecular complexity index is 1190. The number of benzene rings is 2. The zero-order valence-electron chi connectivity index (χ0n) is 20.7. The number of hydrogen-bond donors (Lipinski definition) is 1. The average molecular weight is 507 g/mol. The predicted octanol–water partition coefficient (Wildman–Crippen LogP) is 4.50. The zero-order valence-corrected chi connectivity index (χ0v) is 21.4. The van der Waals surface area contributed by atoms with Gasteiger partial charge in [0, 0.05) is 24.1 Å². The molecule has 0 spiro atoms. The van der Waals surface area contributed by atoms with Gasteiger partial charge < -0.3 is 10.1 Å². The predicted molar refractivity (Wildman–Crippen MR) is 139 cm³/mol. The molecule has 1 saturated carbocycles. The molecule has 1 heterocycles. The van der Waals surface area contributed by atoms with E-state index in [0.717, 1.165) is 24.8 Å². The highest BCUT2D eigenvalue weighted by Crippen LogP contribution is 2.42. The van der Waals surface area contributed by atoms with Gasteiger partial charge in [0.15, 0.2) is 18.2 Å². The van der Waals surface area contributed by atoms with Gasteiger partial charge in [0.05, 0.1) is 0 Å². The summed E-state index contributed by atoms with van der Waals surface area (Å²) < 4.78 is 7.83. The van der Waals surface area contributed by atoms with Crippen molar-refractivity contribution < 1.29 is 18.9 Å². The molecule has 0 bridgehead atoms. The van der Waals surface area contributed by atoms with E-state index in [9.17, 15) is 9.59 Å². The number of carbonyl (C=O) groups excluding carboxylic acids is 2. The Labute approximate surface area is 217 Å². The van der Waals surface area contributed by atoms with Gasteiger partial charge in [-0.15, -0.1) is 0 Å². The van der Waals surface area contributed by atoms with Crippen LogP contribution in [0.3, 0.4) is 0 Å². The van der Waals surface area contributed by atoms with E-state index in [0.29, 0.717) is 30.0 Å². The second-order valence-electron chi connectivity index (χ2n) is 9.23. The smallest absolute Gasteiger partial charge is 0.257 e. The topological polar surface area (TPSA) is 62.5 Å². The molecule has 1 aromatic heterocycles. The number of hydrogen-bond acceptors (Lipinski definition) is 4. The maximum atomic E-state index is 13.2. The molecule has 1 aliphatic carbocycles. The highest BCUT2D eigenvalue weighted by Gasteiger charge is 2.46. The number of nitrogens with one attached hydrogen (secondary N) is 1. The summed E-state index contributed by atoms with van der Waals surface area (Å²) in [5, 5.41) is 3.57. The summed E-state index contributed by atoms with van der Waals surface area (Å²) in [6.45, 7) is 1.07. The summed E-state index contributed by atoms with van der Waals surface area (Å²) in [6.07, 6.45) is 7.50. The molecule has 0 aliphatic heterocycles. The first-order chi connectivity index (χ1) is 17.5. The molecule has 36 heavy (non-hydrogen) atoms. The lowest BCUT2D eigenvalue weighted by Crippen LogP contribution is -2.53. The minimum Gasteiger partial charge on any atom is -0.352 e. The highest BCUT2D eigenvalue weighted by atomic mass is 35.5. The van der Waals surface area contributed by atoms with Crippen LogP contribution in [-0.2, 0) is 28.2 Å². The minimum absolute atomic E-state index is 0.122. The van der Waals surface area contributed by atoms with Crippen LogP contribution in [0.25, 0.3) is 0 Å². The molecular weight excluding hydrogens is 474 g/mol. The lowest BCUT2D eigenvalue weighted by atomic mass is 9.74. The molecule has 1 fully saturated rings. The number of ether oxygens (including phenoxy) is 1. The van der Waals surface area contributed by atoms with Crippen LogP contribution in [0.2, 0.25) is 5.02 Å². The van der Waals surface area contributed by atoms with E-state index >= 15 is 0 Å². The number of halogens is 1. The van der Waals surface area contributed by atoms with E-state index < -0.39 is 5.54 Å². The molecule has 188 valence electrons. The van der Waals surface area contributed by atoms with Crippen LogP contribution < -0.4 is 9.88 Å². The summed E-state index contributed by atoms with van der Waals surface area (Å²) >= 11 is 6.54. The van der Waals surface area contributed by atoms with E-state index in [4.69, 9.17) is 16.3 Å². The molecule has 3 aromatic rings. The normalized spacial score (nSPS) is 17.8. The van der Waals surface area contributed by atoms with Crippen LogP contribution in [0.1, 0.15) is 47.2 Å². The van der Waals surface area contributed by atoms with E-state index in [1.165, 1.54) is 5.56 Å². The number of Topliss-reactive ketones (excluding diaryl/α,β-unsaturated/α-hetero) is 1. The number of aromatic nitrogens is 1. The third-order valence-corrected chi connectivity index (χ3v) is 7.14. The van der Waals surface area contributed by atoms with Gasteiger partial charge >= 0.3 is 0 Å². The molecule has 2 aromatic carbocycles. The number of ketones is 1. The van der Waals surface area contributed by atoms with Crippen LogP contribution in [0, 0.1) is 0 Å². The van der Waals surface area contributed by atoms with Crippen molar-refractivity contribution in [3.8, 4) is 0 Å². The third-order valence-electron chi connectivity index (χ3n) is 6.81. The Morgan fingerprint density at radius 2 is 1.86 bits per heavy atom. The van der Waals surface area contributed by atoms with Gasteiger partial charge in [-0.3, -0.25) is 14.5 Å². The van der Waals surface area contributed by atoms with Crippen LogP contribution in [0.5, 0.6) is 0 Å². The Morgan fingerprint density at radius 1 is 1.08 bits per heavy atom. The zero-order chi connectivity index (χ0) is 25.4. The molecule has 1 unspecified atom stereocenters. The Morgan fingerprint density at radius 3 is 2.64 bits per heavy atom. The number of nitrogens with zero attached hydrogens (tertiary/aromatic N) is 2. The van der Waals surface area contributed by atoms with Crippen molar-refractivity contribution in [2.24, 2.45) is 0 Å². The lowest BCUT2D eigenvalue weighted by molar-refractivity contribution is -0.733. The van der Waals surface area contributed by atoms with Gasteiger partial charge in [0.1, 0.15) is 17.8 Å². The van der Waals surface area contributed by atoms with Gasteiger partial charge in [-0.2, -0.15) is 4.57 Å². The Hall–Kier alpha value is -3.06. The first kappa shape index (κ1) is 26.0. The fraction of sp³-hybridized carbons (Fsp3) is 0.345. The third kappa shape index (κ3) is 6.01. The van der Waals surface area contributed by atoms with Crippen LogP contribution in [-0.4, -0.2) is 36.9 Å². The largest absolute Gasteiger partial charge is 0.352 e. The van der Waals surface area contributed by atoms with E-state index in [2.05, 4.69) is 5.32 Å². The molecule has 7 heteroatoms. The average Bonchev–Trinajstić information content (AvgIpc) is 2.90. The molecule has 1 aliphatic rings. The number of pyridine rings is 1. The second-order valence-corrected chi connectivity index (χ2v) is 9.64. The van der Waals surface area contributed by atoms with Crippen molar-refractivity contribution in [2.45, 2.75) is 44.4 Å². The monoisotopic (exact) mass is 506 g/mol. The van der Waals surface area contributed by atoms with E-state index in [1.54, 1.807) is 12.3 Å². The Kier molecular flexibility index (Phi) is 8.86. The van der Waals surface area contributed by atoms with Gasteiger partial charge in [0.2, 0.25) is 0 Å². The molecule has 1 N–H and O–H groups in total. The van der Waals surface area contributed by atoms with Crippen molar-refractivity contribution >= 4 is 23.3 Å². The van der Waals surface area contributed by atoms with Crippen molar-refractivity contribution in [1.82, 2.24) is 10.2 Å². The molecule has 1 amide bonds. The van der Waals surface area contributed by atoms with Crippen molar-refractivity contribution in [2.75, 3.05) is 20.3 Å². The van der Waals surface area contributed by atoms with E-state index in [-0.39, 0.29) is 25.2 Å². The molecule has 0 radical (unpaired) electrons. The van der Waals surface area contributed by atoms with E-state index in [1.807, 2.05) is 83.4 Å². The standard InChI is InChI=1S/C29H32ClN3O3/c1-32(29(17-8-7-15-27(29)34)25-13-5-6-14-26(25)30)21-36-22-33-19-9-12-24(20-33)28(35)31-18-16-23-10-3-2-4-11-23/h2-6,9-14,19-20H,7-8,15-18,21-22H2,1H3/p+1. The van der Waals surface area contributed by atoms with Gasteiger partial charge in [-0.05, 0) is 49.6 Å². The quantitative estimate of drug-likeness (QED) is 0.325. The fourth-order valence-corrected chi connectivity index (χ4v) is 5.19. The molecular formula is C29H33ClN3O3+. The minimum atomic E-state index is -0.790. The van der Waals surface area contributed by atoms with Crippen LogP contribution in [0.15, 0.2) is 79.1 Å². The molecule has 4 rings (SSSR count). The molecule has 6 nitrogen and oxygen atoms in total. The lowest BCUT2D eigenvalue weighted by Gasteiger charge is -2.43. The molecule has 1 atom stereocenters. The molecule has 0 saturated heterocycles. The van der Waals surface area contributed by atoms with Gasteiger partial charge in [-0.1, -0.05) is 66.6 Å². The first-order valence-corrected chi connectivity index (χ1v) is 12.8. The van der Waals surface area contributed by atoms with Crippen molar-refractivity contribution in [3.63, 3.8) is 0 Å². The summed E-state index contributed by atoms with van der Waals surface area (Å²) in [5.41, 5.74) is 1.80. The fourth-order valence-electron chi connectivity index (χ4n) is 4.90. The number of carbonyl (C=O) groups is 2. The van der Waals surface area contributed by atoms with Gasteiger partial charge in [0.25, 0.3) is 12.6 Å². The van der Waals surface area contributed by atoms with Crippen LogP contribution >= 0.6 is 11.6 Å². The first-order valence-electron chi connectivity index (χ1n) is 12.4. The summed E-state index contributed by atoms with van der Waals surface area (Å²) in [5.74, 6) is 0.0534. The van der Waals surface area contributed by atoms with Crippen molar-refractivity contribution in [3.05, 3.63) is 101 Å². The summed E-state index contributed by atoms with van der Waals surface area (Å²) in [4.78, 5) is 27.8.